The van der Waals surface area contributed by atoms with Crippen LogP contribution in [0, 0.1) is 5.92 Å². The van der Waals surface area contributed by atoms with Gasteiger partial charge in [0.25, 0.3) is 0 Å². The maximum atomic E-state index is 13.1. The van der Waals surface area contributed by atoms with Gasteiger partial charge in [0.15, 0.2) is 5.78 Å². The third-order valence-corrected chi connectivity index (χ3v) is 5.93. The Morgan fingerprint density at radius 1 is 1.38 bits per heavy atom. The van der Waals surface area contributed by atoms with Crippen LogP contribution in [0.2, 0.25) is 0 Å². The molecule has 1 fully saturated rings. The maximum Gasteiger partial charge on any atom is 0.248 e. The quantitative estimate of drug-likeness (QED) is 0.903. The van der Waals surface area contributed by atoms with E-state index in [-0.39, 0.29) is 36.9 Å². The van der Waals surface area contributed by atoms with Crippen molar-refractivity contribution in [3.05, 3.63) is 23.9 Å². The van der Waals surface area contributed by atoms with E-state index < -0.39 is 11.2 Å². The first-order valence-corrected chi connectivity index (χ1v) is 9.09. The van der Waals surface area contributed by atoms with Crippen molar-refractivity contribution >= 4 is 23.5 Å². The first-order chi connectivity index (χ1) is 11.4. The number of fused-ring (bicyclic) bond motifs is 1. The van der Waals surface area contributed by atoms with Crippen molar-refractivity contribution in [1.29, 1.82) is 0 Å². The largest absolute Gasteiger partial charge is 0.356 e. The minimum atomic E-state index is -2.55. The van der Waals surface area contributed by atoms with Crippen LogP contribution in [0.3, 0.4) is 0 Å². The van der Waals surface area contributed by atoms with Gasteiger partial charge in [0.2, 0.25) is 11.8 Å². The van der Waals surface area contributed by atoms with Crippen molar-refractivity contribution in [3.63, 3.8) is 0 Å². The first-order valence-electron chi connectivity index (χ1n) is 8.21. The van der Waals surface area contributed by atoms with Crippen LogP contribution >= 0.6 is 11.8 Å². The SMILES string of the molecule is O=C(CC1Sc2ncccc2CC1=O)NCC1CCC(F)(F)CC1. The van der Waals surface area contributed by atoms with E-state index in [0.717, 1.165) is 10.6 Å². The van der Waals surface area contributed by atoms with E-state index in [9.17, 15) is 18.4 Å². The summed E-state index contributed by atoms with van der Waals surface area (Å²) < 4.78 is 26.2. The number of hydrogen-bond donors (Lipinski definition) is 1. The Kier molecular flexibility index (Phi) is 5.18. The van der Waals surface area contributed by atoms with Crippen molar-refractivity contribution in [1.82, 2.24) is 10.3 Å². The van der Waals surface area contributed by atoms with Crippen molar-refractivity contribution in [2.24, 2.45) is 5.92 Å². The zero-order valence-electron chi connectivity index (χ0n) is 13.3. The number of hydrogen-bond acceptors (Lipinski definition) is 4. The predicted octanol–water partition coefficient (Wildman–Crippen LogP) is 3.00. The molecule has 1 aliphatic heterocycles. The Morgan fingerprint density at radius 3 is 2.88 bits per heavy atom. The van der Waals surface area contributed by atoms with E-state index in [2.05, 4.69) is 10.3 Å². The minimum Gasteiger partial charge on any atom is -0.356 e. The Hall–Kier alpha value is -1.50. The molecule has 130 valence electrons. The number of ketones is 1. The molecular formula is C17H20F2N2O2S. The number of carbonyl (C=O) groups is 2. The van der Waals surface area contributed by atoms with Gasteiger partial charge < -0.3 is 5.32 Å². The van der Waals surface area contributed by atoms with E-state index in [0.29, 0.717) is 25.8 Å². The highest BCUT2D eigenvalue weighted by Gasteiger charge is 2.35. The molecule has 4 nitrogen and oxygen atoms in total. The van der Waals surface area contributed by atoms with Gasteiger partial charge in [-0.15, -0.1) is 0 Å². The molecule has 2 aliphatic rings. The molecule has 0 radical (unpaired) electrons. The summed E-state index contributed by atoms with van der Waals surface area (Å²) in [6.07, 6.45) is 2.76. The van der Waals surface area contributed by atoms with Gasteiger partial charge >= 0.3 is 0 Å². The molecule has 1 aromatic rings. The smallest absolute Gasteiger partial charge is 0.248 e. The Labute approximate surface area is 143 Å². The molecule has 0 spiro atoms. The molecule has 1 N–H and O–H groups in total. The fourth-order valence-corrected chi connectivity index (χ4v) is 4.26. The number of nitrogens with one attached hydrogen (secondary N) is 1. The molecule has 3 rings (SSSR count). The zero-order chi connectivity index (χ0) is 17.2. The number of rotatable bonds is 4. The summed E-state index contributed by atoms with van der Waals surface area (Å²) in [5.74, 6) is -2.61. The van der Waals surface area contributed by atoms with Crippen LogP contribution in [0.5, 0.6) is 0 Å². The van der Waals surface area contributed by atoms with Gasteiger partial charge in [-0.25, -0.2) is 13.8 Å². The van der Waals surface area contributed by atoms with Crippen LogP contribution in [0.25, 0.3) is 0 Å². The summed E-state index contributed by atoms with van der Waals surface area (Å²) in [5.41, 5.74) is 0.910. The molecule has 0 bridgehead atoms. The molecule has 7 heteroatoms. The second-order valence-corrected chi connectivity index (χ2v) is 7.72. The average Bonchev–Trinajstić information content (AvgIpc) is 2.54. The average molecular weight is 354 g/mol. The summed E-state index contributed by atoms with van der Waals surface area (Å²) in [6, 6.07) is 3.68. The van der Waals surface area contributed by atoms with E-state index in [1.807, 2.05) is 6.07 Å². The van der Waals surface area contributed by atoms with Gasteiger partial charge in [-0.2, -0.15) is 0 Å². The number of aromatic nitrogens is 1. The number of nitrogens with zero attached hydrogens (tertiary/aromatic N) is 1. The molecule has 1 unspecified atom stereocenters. The highest BCUT2D eigenvalue weighted by atomic mass is 32.2. The van der Waals surface area contributed by atoms with Gasteiger partial charge in [0, 0.05) is 38.4 Å². The van der Waals surface area contributed by atoms with Crippen LogP contribution in [-0.4, -0.2) is 34.4 Å². The zero-order valence-corrected chi connectivity index (χ0v) is 14.1. The fourth-order valence-electron chi connectivity index (χ4n) is 3.13. The minimum absolute atomic E-state index is 0.0351. The van der Waals surface area contributed by atoms with Crippen molar-refractivity contribution in [2.75, 3.05) is 6.54 Å². The normalized spacial score (nSPS) is 23.6. The number of carbonyl (C=O) groups excluding carboxylic acids is 2. The summed E-state index contributed by atoms with van der Waals surface area (Å²) in [4.78, 5) is 28.5. The molecule has 24 heavy (non-hydrogen) atoms. The Morgan fingerprint density at radius 2 is 2.12 bits per heavy atom. The lowest BCUT2D eigenvalue weighted by Gasteiger charge is -2.28. The van der Waals surface area contributed by atoms with Crippen molar-refractivity contribution < 1.29 is 18.4 Å². The molecule has 1 atom stereocenters. The number of thioether (sulfide) groups is 1. The second kappa shape index (κ2) is 7.17. The van der Waals surface area contributed by atoms with E-state index in [4.69, 9.17) is 0 Å². The number of Topliss-reactive ketones (excluding diaryl/α,β-unsaturated/α-hetero) is 1. The summed E-state index contributed by atoms with van der Waals surface area (Å²) in [5, 5.41) is 3.20. The lowest BCUT2D eigenvalue weighted by Crippen LogP contribution is -2.36. The number of pyridine rings is 1. The van der Waals surface area contributed by atoms with Gasteiger partial charge in [0.05, 0.1) is 5.25 Å². The summed E-state index contributed by atoms with van der Waals surface area (Å²) in [7, 11) is 0. The third-order valence-electron chi connectivity index (χ3n) is 4.62. The highest BCUT2D eigenvalue weighted by molar-refractivity contribution is 8.00. The predicted molar refractivity (Wildman–Crippen MR) is 87.1 cm³/mol. The third kappa shape index (κ3) is 4.32. The molecule has 0 aromatic carbocycles. The number of amides is 1. The van der Waals surface area contributed by atoms with Crippen LogP contribution < -0.4 is 5.32 Å². The van der Waals surface area contributed by atoms with E-state index in [1.165, 1.54) is 11.8 Å². The summed E-state index contributed by atoms with van der Waals surface area (Å²) >= 11 is 1.33. The van der Waals surface area contributed by atoms with Gasteiger partial charge in [-0.1, -0.05) is 17.8 Å². The Balaban J connectivity index is 1.46. The lowest BCUT2D eigenvalue weighted by atomic mass is 9.87. The summed E-state index contributed by atoms with van der Waals surface area (Å²) in [6.45, 7) is 0.412. The molecule has 1 aliphatic carbocycles. The van der Waals surface area contributed by atoms with E-state index >= 15 is 0 Å². The molecule has 2 heterocycles. The monoisotopic (exact) mass is 354 g/mol. The standard InChI is InChI=1S/C17H20F2N2O2S/c18-17(19)5-3-11(4-6-17)10-21-15(23)9-14-13(22)8-12-2-1-7-20-16(12)24-14/h1-2,7,11,14H,3-6,8-10H2,(H,21,23). The first kappa shape index (κ1) is 17.3. The van der Waals surface area contributed by atoms with Crippen LogP contribution in [0.15, 0.2) is 23.4 Å². The Bertz CT molecular complexity index is 629. The van der Waals surface area contributed by atoms with Gasteiger partial charge in [-0.3, -0.25) is 9.59 Å². The van der Waals surface area contributed by atoms with Crippen LogP contribution in [0.1, 0.15) is 37.7 Å². The highest BCUT2D eigenvalue weighted by Crippen LogP contribution is 2.36. The van der Waals surface area contributed by atoms with Crippen molar-refractivity contribution in [2.45, 2.75) is 54.7 Å². The lowest BCUT2D eigenvalue weighted by molar-refractivity contribution is -0.125. The maximum absolute atomic E-state index is 13.1. The van der Waals surface area contributed by atoms with Gasteiger partial charge in [0.1, 0.15) is 5.03 Å². The topological polar surface area (TPSA) is 59.1 Å². The second-order valence-electron chi connectivity index (χ2n) is 6.52. The molecule has 1 saturated carbocycles. The van der Waals surface area contributed by atoms with Gasteiger partial charge in [-0.05, 0) is 30.4 Å². The van der Waals surface area contributed by atoms with Crippen LogP contribution in [-0.2, 0) is 16.0 Å². The van der Waals surface area contributed by atoms with Crippen molar-refractivity contribution in [3.8, 4) is 0 Å². The molecule has 1 aromatic heterocycles. The number of halogens is 2. The number of alkyl halides is 2. The fraction of sp³-hybridized carbons (Fsp3) is 0.588. The van der Waals surface area contributed by atoms with E-state index in [1.54, 1.807) is 12.3 Å². The van der Waals surface area contributed by atoms with Crippen LogP contribution in [0.4, 0.5) is 8.78 Å². The molecule has 0 saturated heterocycles. The molecular weight excluding hydrogens is 334 g/mol. The molecule has 1 amide bonds.